The predicted octanol–water partition coefficient (Wildman–Crippen LogP) is 2.89. The first-order chi connectivity index (χ1) is 7.02. The molecule has 0 heterocycles. The van der Waals surface area contributed by atoms with Crippen LogP contribution >= 0.6 is 15.9 Å². The molecule has 1 N–H and O–H groups in total. The van der Waals surface area contributed by atoms with Gasteiger partial charge in [0.1, 0.15) is 5.82 Å². The molecule has 0 fully saturated rings. The number of halogens is 2. The van der Waals surface area contributed by atoms with Gasteiger partial charge in [0.25, 0.3) is 5.91 Å². The van der Waals surface area contributed by atoms with Crippen molar-refractivity contribution < 1.29 is 9.18 Å². The monoisotopic (exact) mass is 271 g/mol. The van der Waals surface area contributed by atoms with E-state index in [1.807, 2.05) is 0 Å². The largest absolute Gasteiger partial charge is 0.348 e. The minimum Gasteiger partial charge on any atom is -0.348 e. The lowest BCUT2D eigenvalue weighted by molar-refractivity contribution is 0.0953. The average Bonchev–Trinajstić information content (AvgIpc) is 2.18. The number of hydrogen-bond acceptors (Lipinski definition) is 1. The Morgan fingerprint density at radius 3 is 2.87 bits per heavy atom. The molecular formula is C11H11BrFNO. The van der Waals surface area contributed by atoms with Crippen molar-refractivity contribution in [2.75, 3.05) is 6.54 Å². The van der Waals surface area contributed by atoms with Crippen LogP contribution in [0.2, 0.25) is 0 Å². The summed E-state index contributed by atoms with van der Waals surface area (Å²) in [7, 11) is 0. The van der Waals surface area contributed by atoms with Crippen LogP contribution < -0.4 is 5.32 Å². The van der Waals surface area contributed by atoms with E-state index in [-0.39, 0.29) is 10.0 Å². The lowest BCUT2D eigenvalue weighted by Crippen LogP contribution is -2.25. The van der Waals surface area contributed by atoms with E-state index >= 15 is 0 Å². The van der Waals surface area contributed by atoms with Gasteiger partial charge < -0.3 is 5.32 Å². The van der Waals surface area contributed by atoms with E-state index in [4.69, 9.17) is 0 Å². The molecular weight excluding hydrogens is 261 g/mol. The molecule has 80 valence electrons. The van der Waals surface area contributed by atoms with E-state index in [1.165, 1.54) is 6.07 Å². The summed E-state index contributed by atoms with van der Waals surface area (Å²) in [6.45, 7) is 5.78. The van der Waals surface area contributed by atoms with Gasteiger partial charge in [-0.3, -0.25) is 4.79 Å². The van der Waals surface area contributed by atoms with Gasteiger partial charge in [-0.2, -0.15) is 0 Å². The van der Waals surface area contributed by atoms with Gasteiger partial charge in [0.05, 0.1) is 10.0 Å². The third-order valence-corrected chi connectivity index (χ3v) is 2.36. The Kier molecular flexibility index (Phi) is 4.03. The average molecular weight is 272 g/mol. The van der Waals surface area contributed by atoms with E-state index < -0.39 is 11.7 Å². The second-order valence-corrected chi connectivity index (χ2v) is 4.10. The Morgan fingerprint density at radius 2 is 2.27 bits per heavy atom. The molecule has 2 nitrogen and oxygen atoms in total. The Bertz CT molecular complexity index is 404. The van der Waals surface area contributed by atoms with Crippen LogP contribution in [0.5, 0.6) is 0 Å². The summed E-state index contributed by atoms with van der Waals surface area (Å²) in [4.78, 5) is 11.5. The van der Waals surface area contributed by atoms with Crippen molar-refractivity contribution in [2.24, 2.45) is 0 Å². The van der Waals surface area contributed by atoms with Crippen LogP contribution in [0, 0.1) is 5.82 Å². The van der Waals surface area contributed by atoms with Gasteiger partial charge in [0.15, 0.2) is 0 Å². The van der Waals surface area contributed by atoms with Crippen molar-refractivity contribution in [3.05, 3.63) is 46.2 Å². The molecule has 1 aromatic rings. The fourth-order valence-corrected chi connectivity index (χ4v) is 1.37. The van der Waals surface area contributed by atoms with Gasteiger partial charge in [-0.15, -0.1) is 0 Å². The molecule has 0 aliphatic carbocycles. The zero-order chi connectivity index (χ0) is 11.4. The Labute approximate surface area is 96.3 Å². The first-order valence-electron chi connectivity index (χ1n) is 4.39. The number of rotatable bonds is 3. The molecule has 0 radical (unpaired) electrons. The molecule has 1 rings (SSSR count). The van der Waals surface area contributed by atoms with E-state index in [9.17, 15) is 9.18 Å². The van der Waals surface area contributed by atoms with Crippen LogP contribution in [0.4, 0.5) is 4.39 Å². The first-order valence-corrected chi connectivity index (χ1v) is 5.18. The number of amides is 1. The highest BCUT2D eigenvalue weighted by atomic mass is 79.9. The molecule has 0 atom stereocenters. The van der Waals surface area contributed by atoms with Gasteiger partial charge >= 0.3 is 0 Å². The summed E-state index contributed by atoms with van der Waals surface area (Å²) < 4.78 is 13.7. The summed E-state index contributed by atoms with van der Waals surface area (Å²) in [5.74, 6) is -0.978. The highest BCUT2D eigenvalue weighted by Crippen LogP contribution is 2.18. The van der Waals surface area contributed by atoms with E-state index in [0.717, 1.165) is 5.57 Å². The van der Waals surface area contributed by atoms with E-state index in [0.29, 0.717) is 6.54 Å². The van der Waals surface area contributed by atoms with Gasteiger partial charge in [0, 0.05) is 6.54 Å². The molecule has 4 heteroatoms. The van der Waals surface area contributed by atoms with Gasteiger partial charge in [0.2, 0.25) is 0 Å². The number of carbonyl (C=O) groups excluding carboxylic acids is 1. The maximum atomic E-state index is 13.4. The molecule has 0 saturated heterocycles. The second-order valence-electron chi connectivity index (χ2n) is 3.24. The van der Waals surface area contributed by atoms with Crippen LogP contribution in [0.1, 0.15) is 17.3 Å². The topological polar surface area (TPSA) is 29.1 Å². The number of hydrogen-bond donors (Lipinski definition) is 1. The van der Waals surface area contributed by atoms with Crippen molar-refractivity contribution in [2.45, 2.75) is 6.92 Å². The molecule has 0 bridgehead atoms. The number of carbonyl (C=O) groups is 1. The Morgan fingerprint density at radius 1 is 1.60 bits per heavy atom. The molecule has 1 aromatic carbocycles. The first kappa shape index (κ1) is 11.9. The molecule has 0 aromatic heterocycles. The van der Waals surface area contributed by atoms with Crippen molar-refractivity contribution >= 4 is 21.8 Å². The summed E-state index contributed by atoms with van der Waals surface area (Å²) in [5, 5.41) is 2.57. The van der Waals surface area contributed by atoms with Crippen molar-refractivity contribution in [1.29, 1.82) is 0 Å². The zero-order valence-electron chi connectivity index (χ0n) is 8.31. The van der Waals surface area contributed by atoms with Crippen LogP contribution in [0.3, 0.4) is 0 Å². The summed E-state index contributed by atoms with van der Waals surface area (Å²) >= 11 is 3.02. The van der Waals surface area contributed by atoms with Gasteiger partial charge in [-0.1, -0.05) is 18.2 Å². The molecule has 15 heavy (non-hydrogen) atoms. The lowest BCUT2D eigenvalue weighted by Gasteiger charge is -2.06. The second kappa shape index (κ2) is 5.07. The van der Waals surface area contributed by atoms with Crippen molar-refractivity contribution in [3.63, 3.8) is 0 Å². The zero-order valence-corrected chi connectivity index (χ0v) is 9.90. The molecule has 0 unspecified atom stereocenters. The molecule has 0 aliphatic rings. The highest BCUT2D eigenvalue weighted by Gasteiger charge is 2.12. The lowest BCUT2D eigenvalue weighted by atomic mass is 10.2. The highest BCUT2D eigenvalue weighted by molar-refractivity contribution is 9.10. The molecule has 0 aliphatic heterocycles. The van der Waals surface area contributed by atoms with Crippen LogP contribution in [-0.2, 0) is 0 Å². The Balaban J connectivity index is 2.82. The molecule has 0 spiro atoms. The van der Waals surface area contributed by atoms with Crippen molar-refractivity contribution in [3.8, 4) is 0 Å². The predicted molar refractivity (Wildman–Crippen MR) is 61.2 cm³/mol. The van der Waals surface area contributed by atoms with Crippen LogP contribution in [0.25, 0.3) is 0 Å². The Hall–Kier alpha value is -1.16. The van der Waals surface area contributed by atoms with Gasteiger partial charge in [-0.25, -0.2) is 4.39 Å². The van der Waals surface area contributed by atoms with Gasteiger partial charge in [-0.05, 0) is 35.0 Å². The van der Waals surface area contributed by atoms with E-state index in [1.54, 1.807) is 19.1 Å². The fraction of sp³-hybridized carbons (Fsp3) is 0.182. The smallest absolute Gasteiger partial charge is 0.254 e. The minimum absolute atomic E-state index is 0.0330. The molecule has 1 amide bonds. The fourth-order valence-electron chi connectivity index (χ4n) is 1.01. The summed E-state index contributed by atoms with van der Waals surface area (Å²) in [5.41, 5.74) is 0.851. The maximum absolute atomic E-state index is 13.4. The van der Waals surface area contributed by atoms with E-state index in [2.05, 4.69) is 27.8 Å². The quantitative estimate of drug-likeness (QED) is 0.842. The summed E-state index contributed by atoms with van der Waals surface area (Å²) in [6.07, 6.45) is 0. The SMILES string of the molecule is C=C(C)CNC(=O)c1cccc(Br)c1F. The minimum atomic E-state index is -0.545. The third kappa shape index (κ3) is 3.16. The third-order valence-electron chi connectivity index (χ3n) is 1.75. The van der Waals surface area contributed by atoms with Crippen LogP contribution in [-0.4, -0.2) is 12.5 Å². The maximum Gasteiger partial charge on any atom is 0.254 e. The van der Waals surface area contributed by atoms with Crippen LogP contribution in [0.15, 0.2) is 34.8 Å². The number of nitrogens with one attached hydrogen (secondary N) is 1. The summed E-state index contributed by atoms with van der Waals surface area (Å²) in [6, 6.07) is 4.60. The van der Waals surface area contributed by atoms with Crippen molar-refractivity contribution in [1.82, 2.24) is 5.32 Å². The normalized spacial score (nSPS) is 9.80. The molecule has 0 saturated carbocycles. The number of benzene rings is 1. The standard InChI is InChI=1S/C11H11BrFNO/c1-7(2)6-14-11(15)8-4-3-5-9(12)10(8)13/h3-5H,1,6H2,2H3,(H,14,15).